The molecule has 1 rings (SSSR count). The van der Waals surface area contributed by atoms with Gasteiger partial charge in [-0.1, -0.05) is 78.6 Å². The van der Waals surface area contributed by atoms with Gasteiger partial charge in [-0.25, -0.2) is 0 Å². The number of hydrogen-bond acceptors (Lipinski definition) is 5. The lowest BCUT2D eigenvalue weighted by molar-refractivity contribution is -0.133. The average Bonchev–Trinajstić information content (AvgIpc) is 2.84. The highest BCUT2D eigenvalue weighted by molar-refractivity contribution is 5.94. The third kappa shape index (κ3) is 13.8. The Kier molecular flexibility index (Phi) is 16.8. The number of unbranched alkanes of at least 4 members (excludes halogenated alkanes) is 9. The molecule has 0 aliphatic carbocycles. The predicted molar refractivity (Wildman–Crippen MR) is 143 cm³/mol. The van der Waals surface area contributed by atoms with Crippen molar-refractivity contribution < 1.29 is 19.2 Å². The van der Waals surface area contributed by atoms with Gasteiger partial charge in [-0.05, 0) is 38.1 Å². The SMILES string of the molecule is CCCCCCCCCCCC1CC(=O)NCC(=O)N[C@@H](CCCCN)C(=O)NC(C(C)C)C(=O)N1. The number of nitrogens with one attached hydrogen (secondary N) is 4. The van der Waals surface area contributed by atoms with E-state index in [1.165, 1.54) is 38.5 Å². The van der Waals surface area contributed by atoms with Crippen LogP contribution in [0.5, 0.6) is 0 Å². The molecular weight excluding hydrogens is 458 g/mol. The van der Waals surface area contributed by atoms with Crippen molar-refractivity contribution in [1.29, 1.82) is 0 Å². The van der Waals surface area contributed by atoms with Gasteiger partial charge in [-0.15, -0.1) is 0 Å². The van der Waals surface area contributed by atoms with Crippen LogP contribution in [-0.4, -0.2) is 54.8 Å². The second kappa shape index (κ2) is 19.0. The molecule has 0 aromatic carbocycles. The fraction of sp³-hybridized carbons (Fsp3) is 0.852. The normalized spacial score (nSPS) is 22.1. The number of carbonyl (C=O) groups excluding carboxylic acids is 4. The van der Waals surface area contributed by atoms with Crippen molar-refractivity contribution in [2.45, 2.75) is 129 Å². The van der Waals surface area contributed by atoms with Gasteiger partial charge in [-0.3, -0.25) is 19.2 Å². The first-order valence-corrected chi connectivity index (χ1v) is 14.1. The number of hydrogen-bond donors (Lipinski definition) is 5. The lowest BCUT2D eigenvalue weighted by Crippen LogP contribution is -2.56. The third-order valence-electron chi connectivity index (χ3n) is 6.73. The summed E-state index contributed by atoms with van der Waals surface area (Å²) in [7, 11) is 0. The first-order valence-electron chi connectivity index (χ1n) is 14.1. The van der Waals surface area contributed by atoms with E-state index in [4.69, 9.17) is 5.73 Å². The van der Waals surface area contributed by atoms with Gasteiger partial charge in [0, 0.05) is 12.5 Å². The Labute approximate surface area is 217 Å². The maximum atomic E-state index is 13.2. The number of nitrogens with two attached hydrogens (primary N) is 1. The van der Waals surface area contributed by atoms with Gasteiger partial charge in [0.1, 0.15) is 12.1 Å². The molecule has 4 amide bonds. The van der Waals surface area contributed by atoms with E-state index in [9.17, 15) is 19.2 Å². The topological polar surface area (TPSA) is 142 Å². The first kappa shape index (κ1) is 31.9. The molecule has 2 unspecified atom stereocenters. The van der Waals surface area contributed by atoms with Crippen LogP contribution in [0.4, 0.5) is 0 Å². The number of carbonyl (C=O) groups is 4. The minimum atomic E-state index is -0.784. The molecule has 1 saturated heterocycles. The van der Waals surface area contributed by atoms with E-state index in [0.717, 1.165) is 25.7 Å². The molecule has 3 atom stereocenters. The minimum Gasteiger partial charge on any atom is -0.351 e. The Balaban J connectivity index is 2.77. The van der Waals surface area contributed by atoms with E-state index >= 15 is 0 Å². The van der Waals surface area contributed by atoms with E-state index < -0.39 is 23.9 Å². The lowest BCUT2D eigenvalue weighted by Gasteiger charge is -2.27. The summed E-state index contributed by atoms with van der Waals surface area (Å²) in [5.41, 5.74) is 5.56. The predicted octanol–water partition coefficient (Wildman–Crippen LogP) is 2.67. The summed E-state index contributed by atoms with van der Waals surface area (Å²) in [5, 5.41) is 11.2. The van der Waals surface area contributed by atoms with Gasteiger partial charge in [0.15, 0.2) is 0 Å². The van der Waals surface area contributed by atoms with Gasteiger partial charge in [0.2, 0.25) is 23.6 Å². The van der Waals surface area contributed by atoms with Crippen LogP contribution in [0.2, 0.25) is 0 Å². The summed E-state index contributed by atoms with van der Waals surface area (Å²) in [6.45, 7) is 6.25. The largest absolute Gasteiger partial charge is 0.351 e. The molecule has 0 bridgehead atoms. The lowest BCUT2D eigenvalue weighted by atomic mass is 9.99. The summed E-state index contributed by atoms with van der Waals surface area (Å²) in [6.07, 6.45) is 13.3. The van der Waals surface area contributed by atoms with Crippen LogP contribution in [0.25, 0.3) is 0 Å². The molecule has 6 N–H and O–H groups in total. The van der Waals surface area contributed by atoms with Crippen molar-refractivity contribution in [3.05, 3.63) is 0 Å². The summed E-state index contributed by atoms with van der Waals surface area (Å²) in [6, 6.07) is -1.88. The summed E-state index contributed by atoms with van der Waals surface area (Å²) >= 11 is 0. The second-order valence-corrected chi connectivity index (χ2v) is 10.4. The molecule has 9 heteroatoms. The quantitative estimate of drug-likeness (QED) is 0.216. The molecule has 0 aromatic rings. The zero-order valence-electron chi connectivity index (χ0n) is 22.8. The van der Waals surface area contributed by atoms with Crippen LogP contribution in [0.1, 0.15) is 111 Å². The molecule has 0 spiro atoms. The van der Waals surface area contributed by atoms with Crippen LogP contribution < -0.4 is 27.0 Å². The monoisotopic (exact) mass is 509 g/mol. The highest BCUT2D eigenvalue weighted by Gasteiger charge is 2.30. The van der Waals surface area contributed by atoms with Gasteiger partial charge in [-0.2, -0.15) is 0 Å². The maximum Gasteiger partial charge on any atom is 0.243 e. The second-order valence-electron chi connectivity index (χ2n) is 10.4. The molecular formula is C27H51N5O4. The van der Waals surface area contributed by atoms with Crippen molar-refractivity contribution in [3.63, 3.8) is 0 Å². The minimum absolute atomic E-state index is 0.106. The molecule has 0 radical (unpaired) electrons. The molecule has 9 nitrogen and oxygen atoms in total. The van der Waals surface area contributed by atoms with E-state index in [0.29, 0.717) is 25.8 Å². The van der Waals surface area contributed by atoms with Crippen LogP contribution in [0.15, 0.2) is 0 Å². The standard InChI is InChI=1S/C27H51N5O4/c1-4-5-6-7-8-9-10-11-12-15-21-18-23(33)29-19-24(34)31-22(16-13-14-17-28)26(35)32-25(20(2)3)27(36)30-21/h20-22,25H,4-19,28H2,1-3H3,(H,29,33)(H,30,36)(H,31,34)(H,32,35)/t21?,22-,25?/m0/s1. The fourth-order valence-corrected chi connectivity index (χ4v) is 4.49. The van der Waals surface area contributed by atoms with E-state index in [1.54, 1.807) is 0 Å². The van der Waals surface area contributed by atoms with Crippen LogP contribution in [0.3, 0.4) is 0 Å². The molecule has 1 fully saturated rings. The van der Waals surface area contributed by atoms with E-state index in [2.05, 4.69) is 28.2 Å². The average molecular weight is 510 g/mol. The maximum absolute atomic E-state index is 13.2. The summed E-state index contributed by atoms with van der Waals surface area (Å²) in [4.78, 5) is 51.1. The van der Waals surface area contributed by atoms with Gasteiger partial charge in [0.05, 0.1) is 6.54 Å². The Morgan fingerprint density at radius 3 is 1.97 bits per heavy atom. The van der Waals surface area contributed by atoms with Crippen molar-refractivity contribution in [2.24, 2.45) is 11.7 Å². The highest BCUT2D eigenvalue weighted by Crippen LogP contribution is 2.14. The first-order chi connectivity index (χ1) is 17.3. The Morgan fingerprint density at radius 2 is 1.36 bits per heavy atom. The Morgan fingerprint density at radius 1 is 0.750 bits per heavy atom. The Hall–Kier alpha value is -2.16. The highest BCUT2D eigenvalue weighted by atomic mass is 16.2. The van der Waals surface area contributed by atoms with Crippen molar-refractivity contribution in [3.8, 4) is 0 Å². The van der Waals surface area contributed by atoms with Gasteiger partial charge in [0.25, 0.3) is 0 Å². The zero-order chi connectivity index (χ0) is 26.8. The van der Waals surface area contributed by atoms with Crippen LogP contribution >= 0.6 is 0 Å². The molecule has 1 heterocycles. The fourth-order valence-electron chi connectivity index (χ4n) is 4.49. The third-order valence-corrected chi connectivity index (χ3v) is 6.73. The molecule has 1 aliphatic heterocycles. The summed E-state index contributed by atoms with van der Waals surface area (Å²) < 4.78 is 0. The number of rotatable bonds is 15. The van der Waals surface area contributed by atoms with Crippen molar-refractivity contribution in [2.75, 3.05) is 13.1 Å². The number of amides is 4. The molecule has 1 aliphatic rings. The molecule has 0 aromatic heterocycles. The van der Waals surface area contributed by atoms with Gasteiger partial charge >= 0.3 is 0 Å². The van der Waals surface area contributed by atoms with Crippen molar-refractivity contribution in [1.82, 2.24) is 21.3 Å². The molecule has 0 saturated carbocycles. The van der Waals surface area contributed by atoms with Crippen LogP contribution in [0, 0.1) is 5.92 Å². The molecule has 36 heavy (non-hydrogen) atoms. The van der Waals surface area contributed by atoms with E-state index in [-0.39, 0.29) is 36.7 Å². The van der Waals surface area contributed by atoms with E-state index in [1.807, 2.05) is 13.8 Å². The zero-order valence-corrected chi connectivity index (χ0v) is 22.8. The van der Waals surface area contributed by atoms with Gasteiger partial charge < -0.3 is 27.0 Å². The Bertz CT molecular complexity index is 671. The smallest absolute Gasteiger partial charge is 0.243 e. The summed E-state index contributed by atoms with van der Waals surface area (Å²) in [5.74, 6) is -1.55. The van der Waals surface area contributed by atoms with Crippen molar-refractivity contribution >= 4 is 23.6 Å². The molecule has 208 valence electrons. The van der Waals surface area contributed by atoms with Crippen LogP contribution in [-0.2, 0) is 19.2 Å².